The van der Waals surface area contributed by atoms with Gasteiger partial charge in [-0.2, -0.15) is 0 Å². The molecule has 0 bridgehead atoms. The molecule has 0 spiro atoms. The van der Waals surface area contributed by atoms with Crippen LogP contribution in [0.5, 0.6) is 0 Å². The number of esters is 1. The van der Waals surface area contributed by atoms with Crippen molar-refractivity contribution in [1.82, 2.24) is 5.32 Å². The molecule has 18 heavy (non-hydrogen) atoms. The van der Waals surface area contributed by atoms with Gasteiger partial charge in [0, 0.05) is 19.2 Å². The molecule has 104 valence electrons. The fourth-order valence-corrected chi connectivity index (χ4v) is 2.30. The Morgan fingerprint density at radius 3 is 2.61 bits per heavy atom. The SMILES string of the molecule is CCOC(=O)/C=C/CNCC1(O)CCCCCC1. The highest BCUT2D eigenvalue weighted by Gasteiger charge is 2.26. The second-order valence-electron chi connectivity index (χ2n) is 4.92. The summed E-state index contributed by atoms with van der Waals surface area (Å²) < 4.78 is 4.77. The quantitative estimate of drug-likeness (QED) is 0.329. The van der Waals surface area contributed by atoms with E-state index in [0.717, 1.165) is 25.7 Å². The van der Waals surface area contributed by atoms with Crippen LogP contribution in [0, 0.1) is 0 Å². The predicted molar refractivity (Wildman–Crippen MR) is 71.3 cm³/mol. The van der Waals surface area contributed by atoms with E-state index in [0.29, 0.717) is 19.7 Å². The smallest absolute Gasteiger partial charge is 0.330 e. The summed E-state index contributed by atoms with van der Waals surface area (Å²) in [5.74, 6) is -0.313. The highest BCUT2D eigenvalue weighted by atomic mass is 16.5. The summed E-state index contributed by atoms with van der Waals surface area (Å²) >= 11 is 0. The molecule has 0 aromatic heterocycles. The molecule has 0 radical (unpaired) electrons. The van der Waals surface area contributed by atoms with Crippen molar-refractivity contribution in [2.24, 2.45) is 0 Å². The molecule has 1 fully saturated rings. The average molecular weight is 255 g/mol. The van der Waals surface area contributed by atoms with E-state index in [1.807, 2.05) is 0 Å². The van der Waals surface area contributed by atoms with Gasteiger partial charge in [0.05, 0.1) is 12.2 Å². The Labute approximate surface area is 109 Å². The Hall–Kier alpha value is -0.870. The zero-order valence-electron chi connectivity index (χ0n) is 11.3. The first-order chi connectivity index (χ1) is 8.66. The van der Waals surface area contributed by atoms with Gasteiger partial charge in [-0.15, -0.1) is 0 Å². The molecule has 2 N–H and O–H groups in total. The molecule has 0 saturated heterocycles. The largest absolute Gasteiger partial charge is 0.463 e. The van der Waals surface area contributed by atoms with Crippen LogP contribution in [-0.2, 0) is 9.53 Å². The van der Waals surface area contributed by atoms with Gasteiger partial charge in [0.25, 0.3) is 0 Å². The van der Waals surface area contributed by atoms with Crippen LogP contribution in [0.3, 0.4) is 0 Å². The number of carbonyl (C=O) groups excluding carboxylic acids is 1. The lowest BCUT2D eigenvalue weighted by Gasteiger charge is -2.26. The zero-order valence-corrected chi connectivity index (χ0v) is 11.3. The zero-order chi connectivity index (χ0) is 13.3. The molecule has 1 rings (SSSR count). The average Bonchev–Trinajstić information content (AvgIpc) is 2.54. The van der Waals surface area contributed by atoms with E-state index < -0.39 is 5.60 Å². The minimum absolute atomic E-state index is 0.313. The van der Waals surface area contributed by atoms with Gasteiger partial charge >= 0.3 is 5.97 Å². The lowest BCUT2D eigenvalue weighted by atomic mass is 9.94. The van der Waals surface area contributed by atoms with Gasteiger partial charge in [0.2, 0.25) is 0 Å². The first-order valence-corrected chi connectivity index (χ1v) is 6.93. The summed E-state index contributed by atoms with van der Waals surface area (Å²) in [4.78, 5) is 11.0. The van der Waals surface area contributed by atoms with Gasteiger partial charge < -0.3 is 15.2 Å². The summed E-state index contributed by atoms with van der Waals surface area (Å²) in [6.07, 6.45) is 9.58. The standard InChI is InChI=1S/C14H25NO3/c1-2-18-13(16)8-7-11-15-12-14(17)9-5-3-4-6-10-14/h7-8,15,17H,2-6,9-12H2,1H3/b8-7+. The molecular weight excluding hydrogens is 230 g/mol. The van der Waals surface area contributed by atoms with Gasteiger partial charge in [-0.25, -0.2) is 4.79 Å². The molecular formula is C14H25NO3. The maximum Gasteiger partial charge on any atom is 0.330 e. The number of rotatable bonds is 6. The van der Waals surface area contributed by atoms with Crippen LogP contribution in [-0.4, -0.2) is 36.4 Å². The first kappa shape index (κ1) is 15.2. The number of nitrogens with one attached hydrogen (secondary N) is 1. The monoisotopic (exact) mass is 255 g/mol. The third-order valence-electron chi connectivity index (χ3n) is 3.29. The van der Waals surface area contributed by atoms with Crippen molar-refractivity contribution in [2.75, 3.05) is 19.7 Å². The molecule has 0 atom stereocenters. The van der Waals surface area contributed by atoms with Crippen molar-refractivity contribution in [3.63, 3.8) is 0 Å². The van der Waals surface area contributed by atoms with Crippen LogP contribution < -0.4 is 5.32 Å². The van der Waals surface area contributed by atoms with E-state index in [2.05, 4.69) is 5.32 Å². The van der Waals surface area contributed by atoms with Gasteiger partial charge in [-0.1, -0.05) is 31.8 Å². The van der Waals surface area contributed by atoms with Crippen molar-refractivity contribution in [3.05, 3.63) is 12.2 Å². The molecule has 1 aliphatic rings. The Balaban J connectivity index is 2.18. The van der Waals surface area contributed by atoms with E-state index in [-0.39, 0.29) is 5.97 Å². The van der Waals surface area contributed by atoms with Crippen molar-refractivity contribution in [2.45, 2.75) is 51.0 Å². The topological polar surface area (TPSA) is 58.6 Å². The second-order valence-corrected chi connectivity index (χ2v) is 4.92. The van der Waals surface area contributed by atoms with Crippen LogP contribution in [0.2, 0.25) is 0 Å². The third kappa shape index (κ3) is 6.17. The summed E-state index contributed by atoms with van der Waals surface area (Å²) in [5.41, 5.74) is -0.561. The number of ether oxygens (including phenoxy) is 1. The molecule has 1 aliphatic carbocycles. The van der Waals surface area contributed by atoms with Gasteiger partial charge in [-0.05, 0) is 19.8 Å². The van der Waals surface area contributed by atoms with E-state index >= 15 is 0 Å². The molecule has 0 amide bonds. The van der Waals surface area contributed by atoms with Crippen LogP contribution in [0.1, 0.15) is 45.4 Å². The number of aliphatic hydroxyl groups is 1. The van der Waals surface area contributed by atoms with E-state index in [1.165, 1.54) is 18.9 Å². The number of hydrogen-bond acceptors (Lipinski definition) is 4. The van der Waals surface area contributed by atoms with Crippen molar-refractivity contribution < 1.29 is 14.6 Å². The maximum absolute atomic E-state index is 11.0. The Morgan fingerprint density at radius 2 is 2.00 bits per heavy atom. The minimum atomic E-state index is -0.561. The minimum Gasteiger partial charge on any atom is -0.463 e. The maximum atomic E-state index is 11.0. The predicted octanol–water partition coefficient (Wildman–Crippen LogP) is 1.78. The Kier molecular flexibility index (Phi) is 6.98. The van der Waals surface area contributed by atoms with Crippen LogP contribution in [0.4, 0.5) is 0 Å². The molecule has 4 heteroatoms. The molecule has 4 nitrogen and oxygen atoms in total. The van der Waals surface area contributed by atoms with E-state index in [1.54, 1.807) is 13.0 Å². The fraction of sp³-hybridized carbons (Fsp3) is 0.786. The molecule has 0 aliphatic heterocycles. The number of hydrogen-bond donors (Lipinski definition) is 2. The highest BCUT2D eigenvalue weighted by Crippen LogP contribution is 2.26. The van der Waals surface area contributed by atoms with Gasteiger partial charge in [0.1, 0.15) is 0 Å². The van der Waals surface area contributed by atoms with E-state index in [4.69, 9.17) is 4.74 Å². The Bertz CT molecular complexity index is 268. The second kappa shape index (κ2) is 8.27. The van der Waals surface area contributed by atoms with Crippen LogP contribution in [0.15, 0.2) is 12.2 Å². The molecule has 0 aromatic carbocycles. The number of carbonyl (C=O) groups is 1. The summed E-state index contributed by atoms with van der Waals surface area (Å²) in [6, 6.07) is 0. The van der Waals surface area contributed by atoms with Crippen LogP contribution in [0.25, 0.3) is 0 Å². The van der Waals surface area contributed by atoms with Gasteiger partial charge in [-0.3, -0.25) is 0 Å². The van der Waals surface area contributed by atoms with Crippen molar-refractivity contribution >= 4 is 5.97 Å². The summed E-state index contributed by atoms with van der Waals surface area (Å²) in [6.45, 7) is 3.36. The lowest BCUT2D eigenvalue weighted by molar-refractivity contribution is -0.137. The fourth-order valence-electron chi connectivity index (χ4n) is 2.30. The highest BCUT2D eigenvalue weighted by molar-refractivity contribution is 5.81. The molecule has 1 saturated carbocycles. The summed E-state index contributed by atoms with van der Waals surface area (Å²) in [5, 5.41) is 13.5. The Morgan fingerprint density at radius 1 is 1.33 bits per heavy atom. The third-order valence-corrected chi connectivity index (χ3v) is 3.29. The van der Waals surface area contributed by atoms with Crippen molar-refractivity contribution in [3.8, 4) is 0 Å². The summed E-state index contributed by atoms with van der Waals surface area (Å²) in [7, 11) is 0. The molecule has 0 aromatic rings. The van der Waals surface area contributed by atoms with E-state index in [9.17, 15) is 9.90 Å². The molecule has 0 unspecified atom stereocenters. The first-order valence-electron chi connectivity index (χ1n) is 6.93. The lowest BCUT2D eigenvalue weighted by Crippen LogP contribution is -2.40. The normalized spacial score (nSPS) is 19.7. The molecule has 0 heterocycles. The van der Waals surface area contributed by atoms with Crippen LogP contribution >= 0.6 is 0 Å². The van der Waals surface area contributed by atoms with Crippen molar-refractivity contribution in [1.29, 1.82) is 0 Å². The van der Waals surface area contributed by atoms with Gasteiger partial charge in [0.15, 0.2) is 0 Å².